The number of nitrogens with one attached hydrogen (secondary N) is 2. The monoisotopic (exact) mass is 256 g/mol. The Hall–Kier alpha value is -1.07. The summed E-state index contributed by atoms with van der Waals surface area (Å²) >= 11 is 0. The third kappa shape index (κ3) is 6.02. The van der Waals surface area contributed by atoms with Crippen molar-refractivity contribution in [2.75, 3.05) is 26.4 Å². The summed E-state index contributed by atoms with van der Waals surface area (Å²) in [6.45, 7) is 3.25. The summed E-state index contributed by atoms with van der Waals surface area (Å²) in [7, 11) is 0. The Labute approximate surface area is 109 Å². The average molecular weight is 256 g/mol. The fraction of sp³-hybridized carbons (Fsp3) is 0.769. The molecule has 0 aliphatic heterocycles. The lowest BCUT2D eigenvalue weighted by atomic mass is 10.0. The van der Waals surface area contributed by atoms with Gasteiger partial charge in [-0.25, -0.2) is 4.79 Å². The molecule has 104 valence electrons. The lowest BCUT2D eigenvalue weighted by molar-refractivity contribution is 0.0948. The van der Waals surface area contributed by atoms with Gasteiger partial charge in [0.05, 0.1) is 19.8 Å². The number of aliphatic hydroxyl groups is 1. The highest BCUT2D eigenvalue weighted by atomic mass is 16.5. The van der Waals surface area contributed by atoms with Gasteiger partial charge in [0.1, 0.15) is 0 Å². The highest BCUT2D eigenvalue weighted by Crippen LogP contribution is 2.30. The van der Waals surface area contributed by atoms with E-state index in [0.717, 1.165) is 0 Å². The number of hydrogen-bond acceptors (Lipinski definition) is 3. The zero-order valence-electron chi connectivity index (χ0n) is 11.1. The first-order chi connectivity index (χ1) is 8.74. The molecule has 0 aromatic rings. The number of urea groups is 1. The van der Waals surface area contributed by atoms with Crippen LogP contribution in [0.2, 0.25) is 0 Å². The molecule has 0 aromatic carbocycles. The van der Waals surface area contributed by atoms with Gasteiger partial charge in [0.25, 0.3) is 0 Å². The molecule has 0 heterocycles. The number of hydrogen-bond donors (Lipinski definition) is 3. The van der Waals surface area contributed by atoms with Gasteiger partial charge in [-0.1, -0.05) is 18.4 Å². The number of carbonyl (C=O) groups is 1. The molecule has 0 bridgehead atoms. The first-order valence-electron chi connectivity index (χ1n) is 6.63. The second-order valence-corrected chi connectivity index (χ2v) is 4.61. The molecule has 0 radical (unpaired) electrons. The van der Waals surface area contributed by atoms with Crippen molar-refractivity contribution in [2.45, 2.75) is 32.6 Å². The van der Waals surface area contributed by atoms with Crippen LogP contribution in [0.5, 0.6) is 0 Å². The van der Waals surface area contributed by atoms with E-state index < -0.39 is 0 Å². The first-order valence-corrected chi connectivity index (χ1v) is 6.63. The second-order valence-electron chi connectivity index (χ2n) is 4.61. The quantitative estimate of drug-likeness (QED) is 0.603. The largest absolute Gasteiger partial charge is 0.394 e. The Bertz CT molecular complexity index is 273. The molecule has 0 unspecified atom stereocenters. The summed E-state index contributed by atoms with van der Waals surface area (Å²) in [6, 6.07) is -0.208. The minimum Gasteiger partial charge on any atom is -0.394 e. The van der Waals surface area contributed by atoms with Crippen LogP contribution < -0.4 is 10.6 Å². The lowest BCUT2D eigenvalue weighted by Crippen LogP contribution is -2.35. The van der Waals surface area contributed by atoms with Crippen molar-refractivity contribution in [1.82, 2.24) is 10.6 Å². The minimum absolute atomic E-state index is 0.00944. The molecule has 1 fully saturated rings. The maximum absolute atomic E-state index is 11.4. The molecular weight excluding hydrogens is 232 g/mol. The van der Waals surface area contributed by atoms with Crippen LogP contribution in [-0.2, 0) is 4.74 Å². The third-order valence-electron chi connectivity index (χ3n) is 3.20. The fourth-order valence-corrected chi connectivity index (χ4v) is 2.13. The zero-order valence-corrected chi connectivity index (χ0v) is 11.1. The van der Waals surface area contributed by atoms with E-state index in [4.69, 9.17) is 9.84 Å². The standard InChI is InChI=1S/C13H24N2O3/c1-11(12-4-2-3-5-12)10-15-13(17)14-6-8-18-9-7-16/h10,12,16H,2-9H2,1H3,(H2,14,15,17)/b11-10+. The van der Waals surface area contributed by atoms with Crippen LogP contribution in [0.4, 0.5) is 4.79 Å². The Balaban J connectivity index is 2.09. The zero-order chi connectivity index (χ0) is 13.2. The van der Waals surface area contributed by atoms with Gasteiger partial charge < -0.3 is 20.5 Å². The normalized spacial score (nSPS) is 16.9. The summed E-state index contributed by atoms with van der Waals surface area (Å²) in [6.07, 6.45) is 6.87. The van der Waals surface area contributed by atoms with Crippen LogP contribution in [-0.4, -0.2) is 37.5 Å². The highest BCUT2D eigenvalue weighted by Gasteiger charge is 2.16. The van der Waals surface area contributed by atoms with Gasteiger partial charge in [-0.15, -0.1) is 0 Å². The average Bonchev–Trinajstić information content (AvgIpc) is 2.89. The van der Waals surface area contributed by atoms with Gasteiger partial charge in [-0.3, -0.25) is 0 Å². The van der Waals surface area contributed by atoms with E-state index in [2.05, 4.69) is 17.6 Å². The number of amides is 2. The molecule has 1 aliphatic rings. The van der Waals surface area contributed by atoms with Crippen molar-refractivity contribution < 1.29 is 14.6 Å². The van der Waals surface area contributed by atoms with Crippen LogP contribution in [0, 0.1) is 5.92 Å². The summed E-state index contributed by atoms with van der Waals surface area (Å²) in [5, 5.41) is 13.9. The minimum atomic E-state index is -0.208. The SMILES string of the molecule is C/C(=C\NC(=O)NCCOCCO)C1CCCC1. The van der Waals surface area contributed by atoms with E-state index in [-0.39, 0.29) is 12.6 Å². The number of allylic oxidation sites excluding steroid dienone is 1. The number of rotatable bonds is 7. The summed E-state index contributed by atoms with van der Waals surface area (Å²) in [4.78, 5) is 11.4. The van der Waals surface area contributed by atoms with Crippen LogP contribution in [0.15, 0.2) is 11.8 Å². The molecule has 3 N–H and O–H groups in total. The van der Waals surface area contributed by atoms with E-state index in [1.54, 1.807) is 6.20 Å². The van der Waals surface area contributed by atoms with Crippen molar-refractivity contribution in [2.24, 2.45) is 5.92 Å². The van der Waals surface area contributed by atoms with Gasteiger partial charge in [-0.2, -0.15) is 0 Å². The van der Waals surface area contributed by atoms with Crippen molar-refractivity contribution in [3.05, 3.63) is 11.8 Å². The van der Waals surface area contributed by atoms with Crippen LogP contribution in [0.1, 0.15) is 32.6 Å². The number of ether oxygens (including phenoxy) is 1. The number of carbonyl (C=O) groups excluding carboxylic acids is 1. The molecule has 0 spiro atoms. The lowest BCUT2D eigenvalue weighted by Gasteiger charge is -2.10. The predicted octanol–water partition coefficient (Wildman–Crippen LogP) is 1.39. The maximum atomic E-state index is 11.4. The highest BCUT2D eigenvalue weighted by molar-refractivity contribution is 5.74. The fourth-order valence-electron chi connectivity index (χ4n) is 2.13. The van der Waals surface area contributed by atoms with Gasteiger partial charge in [0.15, 0.2) is 0 Å². The van der Waals surface area contributed by atoms with Crippen LogP contribution in [0.3, 0.4) is 0 Å². The molecular formula is C13H24N2O3. The summed E-state index contributed by atoms with van der Waals surface area (Å²) in [5.74, 6) is 0.637. The summed E-state index contributed by atoms with van der Waals surface area (Å²) in [5.41, 5.74) is 1.25. The van der Waals surface area contributed by atoms with Crippen LogP contribution in [0.25, 0.3) is 0 Å². The topological polar surface area (TPSA) is 70.6 Å². The van der Waals surface area contributed by atoms with Gasteiger partial charge >= 0.3 is 6.03 Å². The Morgan fingerprint density at radius 2 is 2.11 bits per heavy atom. The van der Waals surface area contributed by atoms with Crippen LogP contribution >= 0.6 is 0 Å². The van der Waals surface area contributed by atoms with E-state index in [9.17, 15) is 4.79 Å². The molecule has 1 saturated carbocycles. The van der Waals surface area contributed by atoms with Gasteiger partial charge in [0, 0.05) is 12.7 Å². The maximum Gasteiger partial charge on any atom is 0.318 e. The molecule has 5 heteroatoms. The molecule has 0 atom stereocenters. The first kappa shape index (κ1) is 15.0. The Morgan fingerprint density at radius 3 is 2.78 bits per heavy atom. The Kier molecular flexibility index (Phi) is 7.44. The number of aliphatic hydroxyl groups excluding tert-OH is 1. The van der Waals surface area contributed by atoms with Gasteiger partial charge in [-0.05, 0) is 25.7 Å². The molecule has 18 heavy (non-hydrogen) atoms. The van der Waals surface area contributed by atoms with Crippen molar-refractivity contribution >= 4 is 6.03 Å². The smallest absolute Gasteiger partial charge is 0.318 e. The molecule has 5 nitrogen and oxygen atoms in total. The molecule has 1 rings (SSSR count). The summed E-state index contributed by atoms with van der Waals surface area (Å²) < 4.78 is 5.03. The van der Waals surface area contributed by atoms with Crippen molar-refractivity contribution in [3.63, 3.8) is 0 Å². The van der Waals surface area contributed by atoms with Gasteiger partial charge in [0.2, 0.25) is 0 Å². The predicted molar refractivity (Wildman–Crippen MR) is 70.2 cm³/mol. The molecule has 0 saturated heterocycles. The van der Waals surface area contributed by atoms with E-state index in [1.807, 2.05) is 0 Å². The van der Waals surface area contributed by atoms with Crippen molar-refractivity contribution in [3.8, 4) is 0 Å². The molecule has 1 aliphatic carbocycles. The third-order valence-corrected chi connectivity index (χ3v) is 3.20. The Morgan fingerprint density at radius 1 is 1.39 bits per heavy atom. The molecule has 2 amide bonds. The van der Waals surface area contributed by atoms with E-state index in [0.29, 0.717) is 25.7 Å². The molecule has 0 aromatic heterocycles. The van der Waals surface area contributed by atoms with E-state index in [1.165, 1.54) is 31.3 Å². The van der Waals surface area contributed by atoms with E-state index >= 15 is 0 Å². The van der Waals surface area contributed by atoms with Crippen molar-refractivity contribution in [1.29, 1.82) is 0 Å². The second kappa shape index (κ2) is 8.94.